The molecule has 6 heteroatoms. The number of nitrogens with zero attached hydrogens (tertiary/aromatic N) is 1. The SMILES string of the molecule is CCN(Cc1ccco1)C(=O)c1ccc2c(c1)OCC(=O)N2. The number of hydrogen-bond acceptors (Lipinski definition) is 4. The first-order valence-electron chi connectivity index (χ1n) is 7.05. The zero-order chi connectivity index (χ0) is 15.5. The van der Waals surface area contributed by atoms with E-state index >= 15 is 0 Å². The minimum absolute atomic E-state index is 0.0332. The molecule has 1 N–H and O–H groups in total. The second-order valence-electron chi connectivity index (χ2n) is 4.95. The number of hydrogen-bond donors (Lipinski definition) is 1. The van der Waals surface area contributed by atoms with Gasteiger partial charge in [0.2, 0.25) is 0 Å². The summed E-state index contributed by atoms with van der Waals surface area (Å²) in [6, 6.07) is 8.65. The second kappa shape index (κ2) is 5.93. The average molecular weight is 300 g/mol. The molecule has 1 aliphatic heterocycles. The molecule has 0 radical (unpaired) electrons. The van der Waals surface area contributed by atoms with Crippen LogP contribution < -0.4 is 10.1 Å². The summed E-state index contributed by atoms with van der Waals surface area (Å²) >= 11 is 0. The highest BCUT2D eigenvalue weighted by molar-refractivity contribution is 5.99. The van der Waals surface area contributed by atoms with E-state index < -0.39 is 0 Å². The van der Waals surface area contributed by atoms with Crippen LogP contribution in [0, 0.1) is 0 Å². The Kier molecular flexibility index (Phi) is 3.82. The highest BCUT2D eigenvalue weighted by atomic mass is 16.5. The molecule has 0 atom stereocenters. The highest BCUT2D eigenvalue weighted by Gasteiger charge is 2.20. The molecule has 2 heterocycles. The van der Waals surface area contributed by atoms with Gasteiger partial charge in [-0.3, -0.25) is 9.59 Å². The van der Waals surface area contributed by atoms with Crippen molar-refractivity contribution in [2.75, 3.05) is 18.5 Å². The number of amides is 2. The first-order valence-corrected chi connectivity index (χ1v) is 7.05. The minimum atomic E-state index is -0.195. The Hall–Kier alpha value is -2.76. The van der Waals surface area contributed by atoms with Gasteiger partial charge in [0, 0.05) is 12.1 Å². The lowest BCUT2D eigenvalue weighted by atomic mass is 10.1. The molecule has 0 aliphatic carbocycles. The molecular weight excluding hydrogens is 284 g/mol. The standard InChI is InChI=1S/C16H16N2O4/c1-2-18(9-12-4-3-7-21-12)16(20)11-5-6-13-14(8-11)22-10-15(19)17-13/h3-8H,2,9-10H2,1H3,(H,17,19). The van der Waals surface area contributed by atoms with Crippen molar-refractivity contribution in [2.45, 2.75) is 13.5 Å². The van der Waals surface area contributed by atoms with E-state index in [1.165, 1.54) is 0 Å². The Morgan fingerprint density at radius 1 is 1.36 bits per heavy atom. The number of rotatable bonds is 4. The number of ether oxygens (including phenoxy) is 1. The highest BCUT2D eigenvalue weighted by Crippen LogP contribution is 2.29. The van der Waals surface area contributed by atoms with E-state index in [2.05, 4.69) is 5.32 Å². The summed E-state index contributed by atoms with van der Waals surface area (Å²) in [5.74, 6) is 0.943. The summed E-state index contributed by atoms with van der Waals surface area (Å²) in [5, 5.41) is 2.70. The van der Waals surface area contributed by atoms with Crippen LogP contribution in [-0.4, -0.2) is 29.9 Å². The van der Waals surface area contributed by atoms with Gasteiger partial charge < -0.3 is 19.4 Å². The van der Waals surface area contributed by atoms with Crippen LogP contribution in [0.1, 0.15) is 23.0 Å². The largest absolute Gasteiger partial charge is 0.482 e. The molecule has 0 saturated carbocycles. The molecule has 0 unspecified atom stereocenters. The van der Waals surface area contributed by atoms with Crippen molar-refractivity contribution in [1.82, 2.24) is 4.90 Å². The van der Waals surface area contributed by atoms with Crippen LogP contribution in [0.2, 0.25) is 0 Å². The molecule has 0 bridgehead atoms. The summed E-state index contributed by atoms with van der Waals surface area (Å²) in [4.78, 5) is 25.5. The van der Waals surface area contributed by atoms with E-state index in [4.69, 9.17) is 9.15 Å². The Morgan fingerprint density at radius 3 is 2.95 bits per heavy atom. The van der Waals surface area contributed by atoms with Crippen molar-refractivity contribution in [3.05, 3.63) is 47.9 Å². The predicted molar refractivity (Wildman–Crippen MR) is 79.7 cm³/mol. The number of benzene rings is 1. The number of fused-ring (bicyclic) bond motifs is 1. The third-order valence-corrected chi connectivity index (χ3v) is 3.46. The van der Waals surface area contributed by atoms with Crippen molar-refractivity contribution in [2.24, 2.45) is 0 Å². The van der Waals surface area contributed by atoms with Crippen molar-refractivity contribution < 1.29 is 18.7 Å². The molecular formula is C16H16N2O4. The van der Waals surface area contributed by atoms with Crippen molar-refractivity contribution in [3.8, 4) is 5.75 Å². The molecule has 2 amide bonds. The minimum Gasteiger partial charge on any atom is -0.482 e. The van der Waals surface area contributed by atoms with Gasteiger partial charge in [-0.25, -0.2) is 0 Å². The van der Waals surface area contributed by atoms with Gasteiger partial charge in [0.1, 0.15) is 11.5 Å². The first kappa shape index (κ1) is 14.2. The van der Waals surface area contributed by atoms with Gasteiger partial charge in [0.15, 0.2) is 6.61 Å². The van der Waals surface area contributed by atoms with Gasteiger partial charge in [-0.1, -0.05) is 0 Å². The third-order valence-electron chi connectivity index (χ3n) is 3.46. The van der Waals surface area contributed by atoms with E-state index in [9.17, 15) is 9.59 Å². The summed E-state index contributed by atoms with van der Waals surface area (Å²) < 4.78 is 10.6. The van der Waals surface area contributed by atoms with Crippen LogP contribution in [0.15, 0.2) is 41.0 Å². The Bertz CT molecular complexity index is 694. The van der Waals surface area contributed by atoms with Crippen molar-refractivity contribution in [1.29, 1.82) is 0 Å². The maximum Gasteiger partial charge on any atom is 0.262 e. The first-order chi connectivity index (χ1) is 10.7. The van der Waals surface area contributed by atoms with Gasteiger partial charge in [-0.05, 0) is 37.3 Å². The van der Waals surface area contributed by atoms with Crippen LogP contribution >= 0.6 is 0 Å². The van der Waals surface area contributed by atoms with E-state index in [0.29, 0.717) is 30.1 Å². The van der Waals surface area contributed by atoms with E-state index in [0.717, 1.165) is 5.76 Å². The number of anilines is 1. The Labute approximate surface area is 127 Å². The second-order valence-corrected chi connectivity index (χ2v) is 4.95. The normalized spacial score (nSPS) is 13.0. The number of furan rings is 1. The Balaban J connectivity index is 1.80. The topological polar surface area (TPSA) is 71.8 Å². The van der Waals surface area contributed by atoms with Crippen LogP contribution in [0.5, 0.6) is 5.75 Å². The number of carbonyl (C=O) groups excluding carboxylic acids is 2. The molecule has 1 aliphatic rings. The Morgan fingerprint density at radius 2 is 2.23 bits per heavy atom. The molecule has 1 aromatic heterocycles. The summed E-state index contributed by atoms with van der Waals surface area (Å²) in [5.41, 5.74) is 1.10. The fourth-order valence-corrected chi connectivity index (χ4v) is 2.31. The predicted octanol–water partition coefficient (Wildman–Crippen LogP) is 2.27. The quantitative estimate of drug-likeness (QED) is 0.940. The van der Waals surface area contributed by atoms with Gasteiger partial charge in [0.25, 0.3) is 11.8 Å². The monoisotopic (exact) mass is 300 g/mol. The zero-order valence-corrected chi connectivity index (χ0v) is 12.2. The summed E-state index contributed by atoms with van der Waals surface area (Å²) in [6.45, 7) is 2.86. The molecule has 2 aromatic rings. The molecule has 0 fully saturated rings. The lowest BCUT2D eigenvalue weighted by Gasteiger charge is -2.22. The average Bonchev–Trinajstić information content (AvgIpc) is 3.04. The number of nitrogens with one attached hydrogen (secondary N) is 1. The van der Waals surface area contributed by atoms with Crippen LogP contribution in [0.3, 0.4) is 0 Å². The fourth-order valence-electron chi connectivity index (χ4n) is 2.31. The van der Waals surface area contributed by atoms with Gasteiger partial charge in [-0.15, -0.1) is 0 Å². The van der Waals surface area contributed by atoms with Gasteiger partial charge in [-0.2, -0.15) is 0 Å². The third kappa shape index (κ3) is 2.81. The van der Waals surface area contributed by atoms with Crippen molar-refractivity contribution >= 4 is 17.5 Å². The molecule has 0 spiro atoms. The van der Waals surface area contributed by atoms with Crippen LogP contribution in [-0.2, 0) is 11.3 Å². The molecule has 0 saturated heterocycles. The van der Waals surface area contributed by atoms with Crippen LogP contribution in [0.4, 0.5) is 5.69 Å². The molecule has 3 rings (SSSR count). The lowest BCUT2D eigenvalue weighted by molar-refractivity contribution is -0.118. The maximum absolute atomic E-state index is 12.6. The molecule has 114 valence electrons. The fraction of sp³-hybridized carbons (Fsp3) is 0.250. The van der Waals surface area contributed by atoms with Gasteiger partial charge >= 0.3 is 0 Å². The summed E-state index contributed by atoms with van der Waals surface area (Å²) in [6.07, 6.45) is 1.59. The molecule has 6 nitrogen and oxygen atoms in total. The van der Waals surface area contributed by atoms with E-state index in [1.54, 1.807) is 35.4 Å². The summed E-state index contributed by atoms with van der Waals surface area (Å²) in [7, 11) is 0. The number of carbonyl (C=O) groups is 2. The molecule has 1 aromatic carbocycles. The van der Waals surface area contributed by atoms with E-state index in [1.807, 2.05) is 13.0 Å². The van der Waals surface area contributed by atoms with Crippen LogP contribution in [0.25, 0.3) is 0 Å². The smallest absolute Gasteiger partial charge is 0.262 e. The van der Waals surface area contributed by atoms with Crippen molar-refractivity contribution in [3.63, 3.8) is 0 Å². The maximum atomic E-state index is 12.6. The molecule has 22 heavy (non-hydrogen) atoms. The lowest BCUT2D eigenvalue weighted by Crippen LogP contribution is -2.30. The zero-order valence-electron chi connectivity index (χ0n) is 12.2. The van der Waals surface area contributed by atoms with Gasteiger partial charge in [0.05, 0.1) is 18.5 Å². The van der Waals surface area contributed by atoms with E-state index in [-0.39, 0.29) is 18.4 Å².